The number of halogens is 1. The van der Waals surface area contributed by atoms with Crippen molar-refractivity contribution >= 4 is 29.4 Å². The maximum Gasteiger partial charge on any atom is 0.325 e. The predicted octanol–water partition coefficient (Wildman–Crippen LogP) is 2.53. The Hall–Kier alpha value is -3.06. The summed E-state index contributed by atoms with van der Waals surface area (Å²) in [4.78, 5) is 38.8. The van der Waals surface area contributed by atoms with E-state index in [0.717, 1.165) is 5.56 Å². The molecule has 138 valence electrons. The molecule has 0 saturated carbocycles. The van der Waals surface area contributed by atoms with Gasteiger partial charge in [0.05, 0.1) is 6.54 Å². The van der Waals surface area contributed by atoms with Crippen molar-refractivity contribution in [1.29, 1.82) is 0 Å². The number of nitrogens with one attached hydrogen (secondary N) is 1. The highest BCUT2D eigenvalue weighted by Gasteiger charge is 2.31. The third-order valence-electron chi connectivity index (χ3n) is 4.53. The van der Waals surface area contributed by atoms with Gasteiger partial charge in [-0.3, -0.25) is 14.9 Å². The van der Waals surface area contributed by atoms with Crippen molar-refractivity contribution < 1.29 is 19.1 Å². The van der Waals surface area contributed by atoms with Gasteiger partial charge in [0.15, 0.2) is 0 Å². The van der Waals surface area contributed by atoms with Gasteiger partial charge in [0.1, 0.15) is 24.6 Å². The average molecular weight is 386 g/mol. The summed E-state index contributed by atoms with van der Waals surface area (Å²) >= 11 is 6.34. The van der Waals surface area contributed by atoms with E-state index in [-0.39, 0.29) is 25.5 Å². The van der Waals surface area contributed by atoms with Crippen molar-refractivity contribution in [2.45, 2.75) is 13.1 Å². The van der Waals surface area contributed by atoms with Gasteiger partial charge in [-0.2, -0.15) is 0 Å². The number of hydrogen-bond donors (Lipinski definition) is 1. The molecule has 2 aliphatic rings. The zero-order valence-corrected chi connectivity index (χ0v) is 15.0. The normalized spacial score (nSPS) is 16.0. The number of amides is 4. The molecule has 8 heteroatoms. The summed E-state index contributed by atoms with van der Waals surface area (Å²) in [7, 11) is 0. The number of para-hydroxylation sites is 1. The number of nitrogens with zero attached hydrogens (tertiary/aromatic N) is 2. The van der Waals surface area contributed by atoms with Crippen LogP contribution in [0.5, 0.6) is 11.5 Å². The first-order chi connectivity index (χ1) is 13.0. The topological polar surface area (TPSA) is 79.0 Å². The van der Waals surface area contributed by atoms with Crippen molar-refractivity contribution in [3.63, 3.8) is 0 Å². The molecule has 2 aromatic rings. The standard InChI is InChI=1S/C19H16ClN3O4/c20-14-5-3-7-16-13(14)9-22(8-12-4-1-2-6-15(12)27-16)18(25)11-23-10-17(24)21-19(23)26/h1-7H,8-11H2,(H,21,24,26). The van der Waals surface area contributed by atoms with Crippen molar-refractivity contribution in [2.75, 3.05) is 13.1 Å². The minimum absolute atomic E-state index is 0.116. The second-order valence-electron chi connectivity index (χ2n) is 6.39. The Kier molecular flexibility index (Phi) is 4.45. The second kappa shape index (κ2) is 6.92. The zero-order chi connectivity index (χ0) is 19.0. The summed E-state index contributed by atoms with van der Waals surface area (Å²) in [6.07, 6.45) is 0. The first kappa shape index (κ1) is 17.4. The Balaban J connectivity index is 1.66. The molecule has 0 bridgehead atoms. The van der Waals surface area contributed by atoms with Gasteiger partial charge in [-0.1, -0.05) is 35.9 Å². The minimum Gasteiger partial charge on any atom is -0.457 e. The lowest BCUT2D eigenvalue weighted by atomic mass is 10.1. The summed E-state index contributed by atoms with van der Waals surface area (Å²) in [5, 5.41) is 2.67. The van der Waals surface area contributed by atoms with E-state index in [2.05, 4.69) is 5.32 Å². The van der Waals surface area contributed by atoms with Crippen molar-refractivity contribution in [3.05, 3.63) is 58.6 Å². The molecule has 2 aromatic carbocycles. The van der Waals surface area contributed by atoms with Gasteiger partial charge < -0.3 is 14.5 Å². The Morgan fingerprint density at radius 1 is 1.04 bits per heavy atom. The van der Waals surface area contributed by atoms with Crippen LogP contribution < -0.4 is 10.1 Å². The third-order valence-corrected chi connectivity index (χ3v) is 4.88. The smallest absolute Gasteiger partial charge is 0.325 e. The van der Waals surface area contributed by atoms with Crippen molar-refractivity contribution in [3.8, 4) is 11.5 Å². The number of ether oxygens (including phenoxy) is 1. The molecule has 2 heterocycles. The van der Waals surface area contributed by atoms with Gasteiger partial charge in [-0.15, -0.1) is 0 Å². The van der Waals surface area contributed by atoms with Crippen LogP contribution in [0.2, 0.25) is 5.02 Å². The molecule has 1 saturated heterocycles. The van der Waals surface area contributed by atoms with Crippen LogP contribution in [0.1, 0.15) is 11.1 Å². The van der Waals surface area contributed by atoms with E-state index in [9.17, 15) is 14.4 Å². The lowest BCUT2D eigenvalue weighted by Gasteiger charge is -2.29. The largest absolute Gasteiger partial charge is 0.457 e. The van der Waals surface area contributed by atoms with Gasteiger partial charge in [-0.25, -0.2) is 4.79 Å². The number of carbonyl (C=O) groups excluding carboxylic acids is 3. The highest BCUT2D eigenvalue weighted by molar-refractivity contribution is 6.31. The van der Waals surface area contributed by atoms with E-state index in [1.807, 2.05) is 24.3 Å². The number of carbonyl (C=O) groups is 3. The van der Waals surface area contributed by atoms with Crippen LogP contribution in [0, 0.1) is 0 Å². The van der Waals surface area contributed by atoms with Crippen LogP contribution in [0.3, 0.4) is 0 Å². The number of urea groups is 1. The van der Waals surface area contributed by atoms with Gasteiger partial charge >= 0.3 is 6.03 Å². The third kappa shape index (κ3) is 3.46. The molecule has 0 aromatic heterocycles. The van der Waals surface area contributed by atoms with Gasteiger partial charge in [0.25, 0.3) is 0 Å². The molecule has 0 radical (unpaired) electrons. The summed E-state index contributed by atoms with van der Waals surface area (Å²) in [6, 6.07) is 12.2. The monoisotopic (exact) mass is 385 g/mol. The van der Waals surface area contributed by atoms with Gasteiger partial charge in [0.2, 0.25) is 11.8 Å². The Morgan fingerprint density at radius 2 is 1.81 bits per heavy atom. The number of benzene rings is 2. The fourth-order valence-corrected chi connectivity index (χ4v) is 3.37. The Morgan fingerprint density at radius 3 is 2.59 bits per heavy atom. The van der Waals surface area contributed by atoms with Crippen LogP contribution in [0.25, 0.3) is 0 Å². The highest BCUT2D eigenvalue weighted by Crippen LogP contribution is 2.36. The van der Waals surface area contributed by atoms with E-state index in [1.165, 1.54) is 4.90 Å². The summed E-state index contributed by atoms with van der Waals surface area (Å²) in [5.41, 5.74) is 1.54. The van der Waals surface area contributed by atoms with Crippen LogP contribution in [0.4, 0.5) is 4.79 Å². The Bertz CT molecular complexity index is 946. The second-order valence-corrected chi connectivity index (χ2v) is 6.79. The number of imide groups is 1. The molecular weight excluding hydrogens is 370 g/mol. The molecule has 4 amide bonds. The fraction of sp³-hybridized carbons (Fsp3) is 0.211. The molecular formula is C19H16ClN3O4. The molecule has 4 rings (SSSR count). The molecule has 0 aliphatic carbocycles. The lowest BCUT2D eigenvalue weighted by Crippen LogP contribution is -2.41. The zero-order valence-electron chi connectivity index (χ0n) is 14.3. The molecule has 1 N–H and O–H groups in total. The average Bonchev–Trinajstić information content (AvgIpc) is 2.93. The molecule has 0 unspecified atom stereocenters. The number of rotatable bonds is 2. The molecule has 2 aliphatic heterocycles. The maximum atomic E-state index is 12.9. The van der Waals surface area contributed by atoms with Crippen LogP contribution >= 0.6 is 11.6 Å². The van der Waals surface area contributed by atoms with Crippen molar-refractivity contribution in [1.82, 2.24) is 15.1 Å². The van der Waals surface area contributed by atoms with E-state index < -0.39 is 11.9 Å². The van der Waals surface area contributed by atoms with E-state index in [1.54, 1.807) is 23.1 Å². The SMILES string of the molecule is O=C1CN(CC(=O)N2Cc3ccccc3Oc3cccc(Cl)c3C2)C(=O)N1. The summed E-state index contributed by atoms with van der Waals surface area (Å²) in [5.74, 6) is 0.546. The molecule has 7 nitrogen and oxygen atoms in total. The lowest BCUT2D eigenvalue weighted by molar-refractivity contribution is -0.133. The molecule has 0 atom stereocenters. The van der Waals surface area contributed by atoms with Crippen LogP contribution in [0.15, 0.2) is 42.5 Å². The highest BCUT2D eigenvalue weighted by atomic mass is 35.5. The van der Waals surface area contributed by atoms with E-state index >= 15 is 0 Å². The van der Waals surface area contributed by atoms with E-state index in [0.29, 0.717) is 28.6 Å². The minimum atomic E-state index is -0.553. The van der Waals surface area contributed by atoms with E-state index in [4.69, 9.17) is 16.3 Å². The van der Waals surface area contributed by atoms with Crippen LogP contribution in [-0.4, -0.2) is 40.7 Å². The van der Waals surface area contributed by atoms with Crippen LogP contribution in [-0.2, 0) is 22.7 Å². The number of fused-ring (bicyclic) bond motifs is 2. The molecule has 0 spiro atoms. The molecule has 27 heavy (non-hydrogen) atoms. The number of hydrogen-bond acceptors (Lipinski definition) is 4. The Labute approximate surface area is 160 Å². The van der Waals surface area contributed by atoms with Gasteiger partial charge in [-0.05, 0) is 18.2 Å². The first-order valence-corrected chi connectivity index (χ1v) is 8.79. The summed E-state index contributed by atoms with van der Waals surface area (Å²) < 4.78 is 6.01. The van der Waals surface area contributed by atoms with Crippen molar-refractivity contribution in [2.24, 2.45) is 0 Å². The first-order valence-electron chi connectivity index (χ1n) is 8.41. The predicted molar refractivity (Wildman–Crippen MR) is 97.3 cm³/mol. The molecule has 1 fully saturated rings. The summed E-state index contributed by atoms with van der Waals surface area (Å²) in [6.45, 7) is 0.254. The fourth-order valence-electron chi connectivity index (χ4n) is 3.14. The van der Waals surface area contributed by atoms with Gasteiger partial charge in [0, 0.05) is 22.7 Å². The quantitative estimate of drug-likeness (QED) is 0.806. The maximum absolute atomic E-state index is 12.9.